The van der Waals surface area contributed by atoms with Crippen molar-refractivity contribution in [3.05, 3.63) is 18.2 Å². The predicted molar refractivity (Wildman–Crippen MR) is 70.2 cm³/mol. The van der Waals surface area contributed by atoms with Gasteiger partial charge in [-0.25, -0.2) is 0 Å². The highest BCUT2D eigenvalue weighted by molar-refractivity contribution is 5.99. The zero-order valence-corrected chi connectivity index (χ0v) is 10.4. The molecule has 0 spiro atoms. The van der Waals surface area contributed by atoms with E-state index in [0.29, 0.717) is 0 Å². The van der Waals surface area contributed by atoms with E-state index >= 15 is 0 Å². The Morgan fingerprint density at radius 2 is 2.11 bits per heavy atom. The van der Waals surface area contributed by atoms with Gasteiger partial charge in [0.05, 0.1) is 11.4 Å². The number of benzene rings is 1. The van der Waals surface area contributed by atoms with Gasteiger partial charge in [-0.3, -0.25) is 4.79 Å². The average Bonchev–Trinajstić information content (AvgIpc) is 2.40. The van der Waals surface area contributed by atoms with Crippen molar-refractivity contribution < 1.29 is 9.53 Å². The van der Waals surface area contributed by atoms with Crippen molar-refractivity contribution in [1.82, 2.24) is 5.32 Å². The van der Waals surface area contributed by atoms with Crippen LogP contribution in [0.1, 0.15) is 6.92 Å². The van der Waals surface area contributed by atoms with Crippen molar-refractivity contribution in [3.8, 4) is 5.75 Å². The van der Waals surface area contributed by atoms with E-state index in [1.165, 1.54) is 0 Å². The molecule has 1 saturated heterocycles. The molecule has 1 aromatic rings. The fourth-order valence-corrected chi connectivity index (χ4v) is 2.37. The molecule has 0 unspecified atom stereocenters. The van der Waals surface area contributed by atoms with Gasteiger partial charge in [0.2, 0.25) is 0 Å². The molecule has 5 nitrogen and oxygen atoms in total. The number of amides is 1. The summed E-state index contributed by atoms with van der Waals surface area (Å²) in [7, 11) is 0. The third kappa shape index (κ3) is 1.90. The standard InChI is InChI=1S/C13H17N3O2/c1-9-13(17)15-10-3-2-4-11(12(10)18-9)16-7-5-14-6-8-16/h2-4,9,14H,5-8H2,1H3,(H,15,17)/t9-/m0/s1. The lowest BCUT2D eigenvalue weighted by Gasteiger charge is -2.33. The summed E-state index contributed by atoms with van der Waals surface area (Å²) in [5, 5.41) is 6.21. The largest absolute Gasteiger partial charge is 0.477 e. The van der Waals surface area contributed by atoms with Gasteiger partial charge in [0.25, 0.3) is 5.91 Å². The van der Waals surface area contributed by atoms with Gasteiger partial charge in [0.15, 0.2) is 11.9 Å². The Kier molecular flexibility index (Phi) is 2.83. The fraction of sp³-hybridized carbons (Fsp3) is 0.462. The minimum Gasteiger partial charge on any atom is -0.477 e. The molecule has 0 saturated carbocycles. The van der Waals surface area contributed by atoms with Crippen molar-refractivity contribution >= 4 is 17.3 Å². The van der Waals surface area contributed by atoms with Crippen LogP contribution in [0.3, 0.4) is 0 Å². The third-order valence-corrected chi connectivity index (χ3v) is 3.37. The molecule has 0 aliphatic carbocycles. The van der Waals surface area contributed by atoms with Gasteiger partial charge in [-0.05, 0) is 19.1 Å². The van der Waals surface area contributed by atoms with Crippen LogP contribution < -0.4 is 20.3 Å². The first-order chi connectivity index (χ1) is 8.75. The lowest BCUT2D eigenvalue weighted by Crippen LogP contribution is -2.44. The lowest BCUT2D eigenvalue weighted by molar-refractivity contribution is -0.122. The number of rotatable bonds is 1. The quantitative estimate of drug-likeness (QED) is 0.771. The number of para-hydroxylation sites is 1. The molecule has 2 aliphatic rings. The molecule has 2 aliphatic heterocycles. The molecule has 1 aromatic carbocycles. The molecule has 3 rings (SSSR count). The first-order valence-corrected chi connectivity index (χ1v) is 6.32. The SMILES string of the molecule is C[C@@H]1Oc2c(cccc2N2CCNCC2)NC1=O. The van der Waals surface area contributed by atoms with E-state index in [1.54, 1.807) is 6.92 Å². The highest BCUT2D eigenvalue weighted by Gasteiger charge is 2.27. The van der Waals surface area contributed by atoms with E-state index in [-0.39, 0.29) is 5.91 Å². The molecule has 96 valence electrons. The van der Waals surface area contributed by atoms with Crippen LogP contribution in [0.25, 0.3) is 0 Å². The second-order valence-electron chi connectivity index (χ2n) is 4.64. The Balaban J connectivity index is 1.96. The number of nitrogens with zero attached hydrogens (tertiary/aromatic N) is 1. The maximum Gasteiger partial charge on any atom is 0.265 e. The molecule has 1 fully saturated rings. The van der Waals surface area contributed by atoms with Crippen LogP contribution in [0.15, 0.2) is 18.2 Å². The Morgan fingerprint density at radius 3 is 2.89 bits per heavy atom. The van der Waals surface area contributed by atoms with Crippen LogP contribution in [-0.2, 0) is 4.79 Å². The third-order valence-electron chi connectivity index (χ3n) is 3.37. The van der Waals surface area contributed by atoms with Crippen molar-refractivity contribution in [2.24, 2.45) is 0 Å². The molecule has 5 heteroatoms. The molecule has 18 heavy (non-hydrogen) atoms. The number of ether oxygens (including phenoxy) is 1. The van der Waals surface area contributed by atoms with Crippen molar-refractivity contribution in [2.75, 3.05) is 36.4 Å². The predicted octanol–water partition coefficient (Wildman–Crippen LogP) is 0.816. The minimum atomic E-state index is -0.429. The van der Waals surface area contributed by atoms with Crippen LogP contribution in [0.4, 0.5) is 11.4 Å². The summed E-state index contributed by atoms with van der Waals surface area (Å²) >= 11 is 0. The average molecular weight is 247 g/mol. The summed E-state index contributed by atoms with van der Waals surface area (Å²) in [5.74, 6) is 0.714. The van der Waals surface area contributed by atoms with Crippen molar-refractivity contribution in [2.45, 2.75) is 13.0 Å². The first kappa shape index (κ1) is 11.3. The molecule has 2 heterocycles. The summed E-state index contributed by atoms with van der Waals surface area (Å²) in [6, 6.07) is 5.88. The summed E-state index contributed by atoms with van der Waals surface area (Å²) in [6.45, 7) is 5.65. The summed E-state index contributed by atoms with van der Waals surface area (Å²) in [4.78, 5) is 13.9. The van der Waals surface area contributed by atoms with Crippen molar-refractivity contribution in [3.63, 3.8) is 0 Å². The first-order valence-electron chi connectivity index (χ1n) is 6.32. The topological polar surface area (TPSA) is 53.6 Å². The highest BCUT2D eigenvalue weighted by Crippen LogP contribution is 2.39. The minimum absolute atomic E-state index is 0.0834. The van der Waals surface area contributed by atoms with E-state index in [9.17, 15) is 4.79 Å². The lowest BCUT2D eigenvalue weighted by atomic mass is 10.1. The molecule has 0 radical (unpaired) electrons. The second kappa shape index (κ2) is 4.49. The Hall–Kier alpha value is -1.75. The fourth-order valence-electron chi connectivity index (χ4n) is 2.37. The van der Waals surface area contributed by atoms with E-state index in [4.69, 9.17) is 4.74 Å². The van der Waals surface area contributed by atoms with Crippen LogP contribution in [0, 0.1) is 0 Å². The van der Waals surface area contributed by atoms with E-state index < -0.39 is 6.10 Å². The van der Waals surface area contributed by atoms with Gasteiger partial charge in [-0.2, -0.15) is 0 Å². The smallest absolute Gasteiger partial charge is 0.265 e. The highest BCUT2D eigenvalue weighted by atomic mass is 16.5. The molecule has 0 bridgehead atoms. The Labute approximate surface area is 106 Å². The molecular formula is C13H17N3O2. The number of carbonyl (C=O) groups excluding carboxylic acids is 1. The molecule has 1 atom stereocenters. The molecular weight excluding hydrogens is 230 g/mol. The summed E-state index contributed by atoms with van der Waals surface area (Å²) in [6.07, 6.45) is -0.429. The Bertz CT molecular complexity index is 469. The van der Waals surface area contributed by atoms with Gasteiger partial charge >= 0.3 is 0 Å². The number of hydrogen-bond donors (Lipinski definition) is 2. The molecule has 1 amide bonds. The normalized spacial score (nSPS) is 23.1. The number of fused-ring (bicyclic) bond motifs is 1. The monoisotopic (exact) mass is 247 g/mol. The zero-order valence-electron chi connectivity index (χ0n) is 10.4. The maximum atomic E-state index is 11.6. The Morgan fingerprint density at radius 1 is 1.33 bits per heavy atom. The van der Waals surface area contributed by atoms with Crippen molar-refractivity contribution in [1.29, 1.82) is 0 Å². The second-order valence-corrected chi connectivity index (χ2v) is 4.64. The molecule has 0 aromatic heterocycles. The van der Waals surface area contributed by atoms with E-state index in [2.05, 4.69) is 15.5 Å². The van der Waals surface area contributed by atoms with Crippen LogP contribution >= 0.6 is 0 Å². The van der Waals surface area contributed by atoms with Crippen LogP contribution in [0.2, 0.25) is 0 Å². The van der Waals surface area contributed by atoms with Gasteiger partial charge in [-0.15, -0.1) is 0 Å². The summed E-state index contributed by atoms with van der Waals surface area (Å²) in [5.41, 5.74) is 1.84. The van der Waals surface area contributed by atoms with Crippen LogP contribution in [-0.4, -0.2) is 38.2 Å². The number of nitrogens with one attached hydrogen (secondary N) is 2. The van der Waals surface area contributed by atoms with Gasteiger partial charge in [0.1, 0.15) is 0 Å². The number of hydrogen-bond acceptors (Lipinski definition) is 4. The van der Waals surface area contributed by atoms with Crippen LogP contribution in [0.5, 0.6) is 5.75 Å². The number of piperazine rings is 1. The zero-order chi connectivity index (χ0) is 12.5. The summed E-state index contributed by atoms with van der Waals surface area (Å²) < 4.78 is 5.75. The van der Waals surface area contributed by atoms with Gasteiger partial charge in [0, 0.05) is 26.2 Å². The molecule has 2 N–H and O–H groups in total. The van der Waals surface area contributed by atoms with Gasteiger partial charge < -0.3 is 20.3 Å². The van der Waals surface area contributed by atoms with E-state index in [1.807, 2.05) is 18.2 Å². The van der Waals surface area contributed by atoms with E-state index in [0.717, 1.165) is 43.3 Å². The number of carbonyl (C=O) groups is 1. The number of anilines is 2. The van der Waals surface area contributed by atoms with Gasteiger partial charge in [-0.1, -0.05) is 6.07 Å². The maximum absolute atomic E-state index is 11.6.